The van der Waals surface area contributed by atoms with E-state index >= 15 is 0 Å². The molecule has 0 bridgehead atoms. The number of ether oxygens (including phenoxy) is 1. The molecule has 1 heterocycles. The molecule has 26 heavy (non-hydrogen) atoms. The van der Waals surface area contributed by atoms with Gasteiger partial charge in [0.1, 0.15) is 0 Å². The minimum atomic E-state index is -0.417. The van der Waals surface area contributed by atoms with Gasteiger partial charge in [0.2, 0.25) is 0 Å². The SMILES string of the molecule is CCN1C(=O)C(=Cc2ccccc2)SC1=Nc1cccc(C(=O)OC)c1. The first-order valence-electron chi connectivity index (χ1n) is 8.16. The molecule has 0 aliphatic carbocycles. The van der Waals surface area contributed by atoms with Crippen molar-refractivity contribution in [3.63, 3.8) is 0 Å². The van der Waals surface area contributed by atoms with Crippen molar-refractivity contribution >= 4 is 40.6 Å². The van der Waals surface area contributed by atoms with Crippen LogP contribution in [0, 0.1) is 0 Å². The van der Waals surface area contributed by atoms with Crippen molar-refractivity contribution in [2.75, 3.05) is 13.7 Å². The van der Waals surface area contributed by atoms with Gasteiger partial charge in [-0.1, -0.05) is 36.4 Å². The minimum Gasteiger partial charge on any atom is -0.465 e. The van der Waals surface area contributed by atoms with Crippen LogP contribution in [0.4, 0.5) is 5.69 Å². The van der Waals surface area contributed by atoms with E-state index < -0.39 is 5.97 Å². The lowest BCUT2D eigenvalue weighted by atomic mass is 10.2. The second kappa shape index (κ2) is 8.01. The van der Waals surface area contributed by atoms with Crippen LogP contribution in [0.25, 0.3) is 6.08 Å². The molecule has 0 aromatic heterocycles. The summed E-state index contributed by atoms with van der Waals surface area (Å²) >= 11 is 1.33. The molecular weight excluding hydrogens is 348 g/mol. The maximum Gasteiger partial charge on any atom is 0.337 e. The Kier molecular flexibility index (Phi) is 5.53. The van der Waals surface area contributed by atoms with Gasteiger partial charge in [0.15, 0.2) is 5.17 Å². The first-order chi connectivity index (χ1) is 12.6. The lowest BCUT2D eigenvalue weighted by molar-refractivity contribution is -0.122. The monoisotopic (exact) mass is 366 g/mol. The molecule has 0 unspecified atom stereocenters. The van der Waals surface area contributed by atoms with E-state index in [-0.39, 0.29) is 5.91 Å². The Morgan fingerprint density at radius 2 is 1.96 bits per heavy atom. The number of benzene rings is 2. The van der Waals surface area contributed by atoms with Crippen molar-refractivity contribution in [3.8, 4) is 0 Å². The fraction of sp³-hybridized carbons (Fsp3) is 0.150. The Morgan fingerprint density at radius 3 is 2.65 bits per heavy atom. The Bertz CT molecular complexity index is 891. The zero-order valence-electron chi connectivity index (χ0n) is 14.5. The smallest absolute Gasteiger partial charge is 0.337 e. The van der Waals surface area contributed by atoms with E-state index in [0.29, 0.717) is 27.9 Å². The van der Waals surface area contributed by atoms with Gasteiger partial charge in [0, 0.05) is 6.54 Å². The van der Waals surface area contributed by atoms with Gasteiger partial charge in [-0.05, 0) is 48.5 Å². The van der Waals surface area contributed by atoms with Crippen molar-refractivity contribution in [1.82, 2.24) is 4.90 Å². The van der Waals surface area contributed by atoms with E-state index in [9.17, 15) is 9.59 Å². The Morgan fingerprint density at radius 1 is 1.19 bits per heavy atom. The summed E-state index contributed by atoms with van der Waals surface area (Å²) in [7, 11) is 1.34. The average molecular weight is 366 g/mol. The Hall–Kier alpha value is -2.86. The van der Waals surface area contributed by atoms with E-state index in [1.54, 1.807) is 29.2 Å². The number of thioether (sulfide) groups is 1. The van der Waals surface area contributed by atoms with Crippen LogP contribution in [-0.2, 0) is 9.53 Å². The van der Waals surface area contributed by atoms with Crippen molar-refractivity contribution < 1.29 is 14.3 Å². The lowest BCUT2D eigenvalue weighted by Crippen LogP contribution is -2.28. The van der Waals surface area contributed by atoms with E-state index in [4.69, 9.17) is 4.74 Å². The van der Waals surface area contributed by atoms with Crippen molar-refractivity contribution in [2.45, 2.75) is 6.92 Å². The topological polar surface area (TPSA) is 59.0 Å². The van der Waals surface area contributed by atoms with Gasteiger partial charge >= 0.3 is 5.97 Å². The van der Waals surface area contributed by atoms with Gasteiger partial charge < -0.3 is 4.74 Å². The molecule has 1 fully saturated rings. The number of hydrogen-bond acceptors (Lipinski definition) is 5. The van der Waals surface area contributed by atoms with Crippen LogP contribution in [0.3, 0.4) is 0 Å². The maximum atomic E-state index is 12.6. The van der Waals surface area contributed by atoms with Gasteiger partial charge in [0.05, 0.1) is 23.3 Å². The number of methoxy groups -OCH3 is 1. The highest BCUT2D eigenvalue weighted by atomic mass is 32.2. The molecule has 0 atom stereocenters. The molecule has 6 heteroatoms. The van der Waals surface area contributed by atoms with Crippen LogP contribution in [0.1, 0.15) is 22.8 Å². The summed E-state index contributed by atoms with van der Waals surface area (Å²) < 4.78 is 4.74. The average Bonchev–Trinajstić information content (AvgIpc) is 2.96. The van der Waals surface area contributed by atoms with Crippen LogP contribution < -0.4 is 0 Å². The maximum absolute atomic E-state index is 12.6. The molecule has 1 amide bonds. The first-order valence-corrected chi connectivity index (χ1v) is 8.97. The number of carbonyl (C=O) groups excluding carboxylic acids is 2. The van der Waals surface area contributed by atoms with Crippen LogP contribution in [0.2, 0.25) is 0 Å². The summed E-state index contributed by atoms with van der Waals surface area (Å²) in [4.78, 5) is 31.1. The van der Waals surface area contributed by atoms with Crippen molar-refractivity contribution in [1.29, 1.82) is 0 Å². The molecule has 1 aliphatic heterocycles. The summed E-state index contributed by atoms with van der Waals surface area (Å²) in [6.45, 7) is 2.43. The molecular formula is C20H18N2O3S. The van der Waals surface area contributed by atoms with E-state index in [0.717, 1.165) is 5.56 Å². The third kappa shape index (κ3) is 3.86. The normalized spacial score (nSPS) is 17.2. The highest BCUT2D eigenvalue weighted by molar-refractivity contribution is 8.18. The van der Waals surface area contributed by atoms with Gasteiger partial charge in [-0.3, -0.25) is 9.69 Å². The number of aliphatic imine (C=N–C) groups is 1. The molecule has 2 aromatic rings. The van der Waals surface area contributed by atoms with Crippen molar-refractivity contribution in [2.24, 2.45) is 4.99 Å². The van der Waals surface area contributed by atoms with E-state index in [1.165, 1.54) is 18.9 Å². The fourth-order valence-corrected chi connectivity index (χ4v) is 3.56. The quantitative estimate of drug-likeness (QED) is 0.604. The molecule has 0 spiro atoms. The van der Waals surface area contributed by atoms with Gasteiger partial charge in [-0.25, -0.2) is 9.79 Å². The molecule has 5 nitrogen and oxygen atoms in total. The molecule has 132 valence electrons. The molecule has 1 aliphatic rings. The molecule has 0 radical (unpaired) electrons. The number of amides is 1. The summed E-state index contributed by atoms with van der Waals surface area (Å²) in [6, 6.07) is 16.5. The number of likely N-dealkylation sites (N-methyl/N-ethyl adjacent to an activating group) is 1. The molecule has 0 saturated carbocycles. The van der Waals surface area contributed by atoms with Crippen molar-refractivity contribution in [3.05, 3.63) is 70.6 Å². The summed E-state index contributed by atoms with van der Waals surface area (Å²) in [5.74, 6) is -0.483. The molecule has 2 aromatic carbocycles. The van der Waals surface area contributed by atoms with E-state index in [2.05, 4.69) is 4.99 Å². The molecule has 0 N–H and O–H groups in total. The summed E-state index contributed by atoms with van der Waals surface area (Å²) in [6.07, 6.45) is 1.86. The lowest BCUT2D eigenvalue weighted by Gasteiger charge is -2.12. The number of rotatable bonds is 4. The van der Waals surface area contributed by atoms with Crippen LogP contribution in [0.5, 0.6) is 0 Å². The second-order valence-electron chi connectivity index (χ2n) is 5.51. The zero-order valence-corrected chi connectivity index (χ0v) is 15.3. The highest BCUT2D eigenvalue weighted by Gasteiger charge is 2.32. The van der Waals surface area contributed by atoms with Crippen LogP contribution in [-0.4, -0.2) is 35.6 Å². The van der Waals surface area contributed by atoms with Gasteiger partial charge in [0.25, 0.3) is 5.91 Å². The summed E-state index contributed by atoms with van der Waals surface area (Å²) in [5, 5.41) is 0.599. The molecule has 3 rings (SSSR count). The molecule has 1 saturated heterocycles. The third-order valence-electron chi connectivity index (χ3n) is 3.79. The predicted molar refractivity (Wildman–Crippen MR) is 104 cm³/mol. The van der Waals surface area contributed by atoms with Crippen LogP contribution >= 0.6 is 11.8 Å². The summed E-state index contributed by atoms with van der Waals surface area (Å²) in [5.41, 5.74) is 1.99. The number of esters is 1. The second-order valence-corrected chi connectivity index (χ2v) is 6.52. The Balaban J connectivity index is 1.92. The largest absolute Gasteiger partial charge is 0.465 e. The number of nitrogens with zero attached hydrogens (tertiary/aromatic N) is 2. The number of hydrogen-bond donors (Lipinski definition) is 0. The fourth-order valence-electron chi connectivity index (χ4n) is 2.50. The third-order valence-corrected chi connectivity index (χ3v) is 4.80. The van der Waals surface area contributed by atoms with Gasteiger partial charge in [-0.2, -0.15) is 0 Å². The Labute approximate surface area is 156 Å². The predicted octanol–water partition coefficient (Wildman–Crippen LogP) is 4.10. The minimum absolute atomic E-state index is 0.0655. The number of amidine groups is 1. The zero-order chi connectivity index (χ0) is 18.5. The standard InChI is InChI=1S/C20H18N2O3S/c1-3-22-18(23)17(12-14-8-5-4-6-9-14)26-20(22)21-16-11-7-10-15(13-16)19(24)25-2/h4-13H,3H2,1-2H3. The van der Waals surface area contributed by atoms with E-state index in [1.807, 2.05) is 43.3 Å². The number of carbonyl (C=O) groups is 2. The van der Waals surface area contributed by atoms with Crippen LogP contribution in [0.15, 0.2) is 64.5 Å². The first kappa shape index (κ1) is 17.9. The van der Waals surface area contributed by atoms with Gasteiger partial charge in [-0.15, -0.1) is 0 Å². The highest BCUT2D eigenvalue weighted by Crippen LogP contribution is 2.34.